The summed E-state index contributed by atoms with van der Waals surface area (Å²) in [6, 6.07) is 5.45. The molecule has 2 N–H and O–H groups in total. The smallest absolute Gasteiger partial charge is 0.265 e. The predicted molar refractivity (Wildman–Crippen MR) is 419 cm³/mol. The summed E-state index contributed by atoms with van der Waals surface area (Å²) < 4.78 is 19.7. The number of nitrogens with zero attached hydrogens (tertiary/aromatic N) is 10. The molecule has 3 aliphatic heterocycles. The van der Waals surface area contributed by atoms with E-state index >= 15 is 0 Å². The van der Waals surface area contributed by atoms with Gasteiger partial charge >= 0.3 is 0 Å². The van der Waals surface area contributed by atoms with Crippen LogP contribution < -0.4 is 29.3 Å². The molecule has 100 heavy (non-hydrogen) atoms. The van der Waals surface area contributed by atoms with Crippen LogP contribution in [0.5, 0.6) is 17.2 Å². The summed E-state index contributed by atoms with van der Waals surface area (Å²) in [5, 5.41) is 2.66. The number of aryl methyl sites for hydroxylation is 2. The molecule has 17 nitrogen and oxygen atoms in total. The van der Waals surface area contributed by atoms with Gasteiger partial charge in [-0.25, -0.2) is 15.0 Å². The lowest BCUT2D eigenvalue weighted by Crippen LogP contribution is -2.83. The number of anilines is 3. The van der Waals surface area contributed by atoms with E-state index in [1.54, 1.807) is 73.2 Å². The fourth-order valence-corrected chi connectivity index (χ4v) is 9.24. The number of hydrogen-bond donors (Lipinski definition) is 2. The Balaban J connectivity index is 0.000000319. The normalized spacial score (nSPS) is 10.3. The maximum Gasteiger partial charge on any atom is 0.265 e. The van der Waals surface area contributed by atoms with Crippen LogP contribution in [0.25, 0.3) is 0 Å². The minimum absolute atomic E-state index is 0. The molecule has 0 aromatic carbocycles. The minimum Gasteiger partial charge on any atom is -0.488 e. The number of hydrogen-bond acceptors (Lipinski definition) is 12. The summed E-state index contributed by atoms with van der Waals surface area (Å²) in [4.78, 5) is 53.8. The van der Waals surface area contributed by atoms with Crippen molar-refractivity contribution in [2.45, 2.75) is 26.4 Å². The van der Waals surface area contributed by atoms with Gasteiger partial charge in [-0.05, 0) is 123 Å². The number of imidazole rings is 3. The number of amides is 2. The average Bonchev–Trinajstić information content (AvgIpc) is 0.893. The molecule has 0 atom stereocenters. The molecule has 447 valence electrons. The van der Waals surface area contributed by atoms with E-state index in [0.29, 0.717) is 36.2 Å². The zero-order valence-corrected chi connectivity index (χ0v) is 55.0. The quantitative estimate of drug-likeness (QED) is 0.0763. The molecule has 0 saturated heterocycles. The number of nitrogens with one attached hydrogen (secondary N) is 2. The van der Waals surface area contributed by atoms with E-state index in [4.69, 9.17) is 119 Å². The van der Waals surface area contributed by atoms with Gasteiger partial charge in [-0.15, -0.1) is 11.6 Å². The number of H-pyrrole nitrogens is 1. The van der Waals surface area contributed by atoms with Gasteiger partial charge in [0, 0.05) is 232 Å². The Morgan fingerprint density at radius 2 is 0.990 bits per heavy atom. The third-order valence-corrected chi connectivity index (χ3v) is 13.5. The number of aromatic amines is 1. The van der Waals surface area contributed by atoms with Gasteiger partial charge in [0.1, 0.15) is 6.61 Å². The van der Waals surface area contributed by atoms with Crippen molar-refractivity contribution in [1.29, 1.82) is 0 Å². The second-order valence-corrected chi connectivity index (χ2v) is 20.7. The molecule has 0 spiro atoms. The van der Waals surface area contributed by atoms with Crippen molar-refractivity contribution in [3.05, 3.63) is 244 Å². The number of fused-ring (bicyclic) bond motifs is 3. The molecule has 9 heterocycles. The summed E-state index contributed by atoms with van der Waals surface area (Å²) in [5.41, 5.74) is 57.3. The highest BCUT2D eigenvalue weighted by Gasteiger charge is 2.47. The summed E-state index contributed by atoms with van der Waals surface area (Å²) in [7, 11) is 75.2. The van der Waals surface area contributed by atoms with Crippen molar-refractivity contribution in [3.8, 4) is 17.2 Å². The Morgan fingerprint density at radius 3 is 1.41 bits per heavy atom. The van der Waals surface area contributed by atoms with E-state index in [1.807, 2.05) is 47.9 Å². The third-order valence-electron chi connectivity index (χ3n) is 13.3. The van der Waals surface area contributed by atoms with Crippen LogP contribution in [0.15, 0.2) is 226 Å². The number of halogens is 1. The van der Waals surface area contributed by atoms with Crippen LogP contribution in [0.2, 0.25) is 0 Å². The Bertz CT molecular complexity index is 4390. The fraction of sp³-hybridized carbons (Fsp3) is 0.169. The summed E-state index contributed by atoms with van der Waals surface area (Å²) >= 11 is 5.46. The van der Waals surface area contributed by atoms with Crippen molar-refractivity contribution in [2.24, 2.45) is 14.1 Å². The number of carbonyl (C=O) groups is 2. The van der Waals surface area contributed by atoms with Gasteiger partial charge in [0.15, 0.2) is 30.5 Å². The summed E-state index contributed by atoms with van der Waals surface area (Å²) in [6.45, 7) is 9.58. The lowest BCUT2D eigenvalue weighted by Gasteiger charge is -2.45. The molecular formula is C59H45B23ClN12O5. The van der Waals surface area contributed by atoms with Crippen LogP contribution in [0.4, 0.5) is 17.1 Å². The molecule has 0 saturated carbocycles. The highest BCUT2D eigenvalue weighted by Crippen LogP contribution is 2.32. The number of alkyl halides is 1. The minimum atomic E-state index is -0.925. The van der Waals surface area contributed by atoms with Crippen molar-refractivity contribution in [3.63, 3.8) is 0 Å². The average molecular weight is 1290 g/mol. The maximum atomic E-state index is 11.9. The number of rotatable bonds is 15. The van der Waals surface area contributed by atoms with Crippen molar-refractivity contribution in [2.75, 3.05) is 41.5 Å². The van der Waals surface area contributed by atoms with Gasteiger partial charge in [-0.3, -0.25) is 29.4 Å². The van der Waals surface area contributed by atoms with Crippen molar-refractivity contribution < 1.29 is 23.8 Å². The highest BCUT2D eigenvalue weighted by atomic mass is 35.5. The predicted octanol–water partition coefficient (Wildman–Crippen LogP) is -0.547. The SMILES string of the molecule is C.C=C=C=C=C=C=C=C=C=C=C=C=C=C=C=C=C=C=C=C=C=C=C.Cn1cnc(CCl)c1.Cn1cnc(CN2C(=O)COc3cnccc32)c1.O=C1COc2cnccc2N1.[B][B]B([B])B(B([B])[B])B(B(B([B])[B])B([B])[B])B(B([B])[B])B([B])[B].c1cc2c(cn1)OCCN2Cc1cnc[nH]1. The van der Waals surface area contributed by atoms with E-state index in [0.717, 1.165) is 47.3 Å². The van der Waals surface area contributed by atoms with Crippen LogP contribution in [0.3, 0.4) is 0 Å². The maximum absolute atomic E-state index is 11.9. The molecular weight excluding hydrogens is 1240 g/mol. The molecule has 6 aromatic heterocycles. The Hall–Kier alpha value is -9.88. The van der Waals surface area contributed by atoms with E-state index < -0.39 is 63.9 Å². The molecule has 0 fully saturated rings. The molecule has 0 unspecified atom stereocenters. The van der Waals surface area contributed by atoms with Crippen molar-refractivity contribution >= 4 is 204 Å². The lowest BCUT2D eigenvalue weighted by atomic mass is 8.36. The number of ether oxygens (including phenoxy) is 3. The first-order valence-electron chi connectivity index (χ1n) is 29.4. The Labute approximate surface area is 610 Å². The molecule has 9 rings (SSSR count). The molecule has 41 heteroatoms. The van der Waals surface area contributed by atoms with Crippen LogP contribution in [-0.4, -0.2) is 246 Å². The number of carbonyl (C=O) groups excluding carboxylic acids is 2. The second-order valence-electron chi connectivity index (χ2n) is 20.4. The van der Waals surface area contributed by atoms with Crippen LogP contribution in [0.1, 0.15) is 24.5 Å². The molecule has 0 bridgehead atoms. The van der Waals surface area contributed by atoms with Gasteiger partial charge in [0.25, 0.3) is 11.8 Å². The summed E-state index contributed by atoms with van der Waals surface area (Å²) in [5.74, 6) is 2.43. The van der Waals surface area contributed by atoms with E-state index in [1.165, 1.54) is 7.06 Å². The topological polar surface area (TPSA) is 183 Å². The lowest BCUT2D eigenvalue weighted by molar-refractivity contribution is -0.121. The largest absolute Gasteiger partial charge is 0.488 e. The van der Waals surface area contributed by atoms with Gasteiger partial charge in [0.05, 0.1) is 97.2 Å². The van der Waals surface area contributed by atoms with E-state index in [9.17, 15) is 9.59 Å². The molecule has 0 aliphatic carbocycles. The van der Waals surface area contributed by atoms with Crippen LogP contribution >= 0.6 is 11.6 Å². The van der Waals surface area contributed by atoms with E-state index in [-0.39, 0.29) is 32.5 Å². The van der Waals surface area contributed by atoms with Crippen LogP contribution in [-0.2, 0) is 42.7 Å². The van der Waals surface area contributed by atoms with Gasteiger partial charge in [-0.2, -0.15) is 0 Å². The van der Waals surface area contributed by atoms with Gasteiger partial charge < -0.3 is 38.5 Å². The highest BCUT2D eigenvalue weighted by molar-refractivity contribution is 8.22. The zero-order valence-electron chi connectivity index (χ0n) is 54.2. The first kappa shape index (κ1) is 84.3. The van der Waals surface area contributed by atoms with Gasteiger partial charge in [-0.1, -0.05) is 18.9 Å². The molecule has 3 aliphatic rings. The van der Waals surface area contributed by atoms with Crippen molar-refractivity contribution in [1.82, 2.24) is 44.0 Å². The monoisotopic (exact) mass is 1290 g/mol. The zero-order chi connectivity index (χ0) is 72.3. The first-order chi connectivity index (χ1) is 47.7. The standard InChI is InChI=1S/C23H4.C12H12N4O2.C11H12N4O.C7H6N2O2.C5H7ClN2.CH4.B23/c1-3-5-7-9-11-13-15-17-19-21-23-22-20-18-16-14-12-10-8-6-4-2;1-15-5-9(14-8-15)6-16-10-2-3-13-4-11(10)18-7-12(16)17;1-2-12-6-11-10(1)15(3-4-16-11)7-9-5-13-8-14-9;10-7-4-11-6-3-8-2-1-5(6)9-7;1-8-3-5(2-6)7-4-8;;1-13-19(12)22(18(10)11)23(20(14(2)3)15(4)5)21(16(6)7)17(8)9/h1-2H2;2-5,8H,6-7H2,1H3;1-2,5-6,8H,3-4,7H2,(H,13,14);1-3H,4H2,(H,9,10);3-4H,2H2,1H3;1H4;. The number of pyridine rings is 3. The molecule has 6 aromatic rings. The Morgan fingerprint density at radius 1 is 0.550 bits per heavy atom. The Kier molecular flexibility index (Phi) is 40.5. The molecule has 25 radical (unpaired) electrons. The second kappa shape index (κ2) is 48.0. The molecule has 2 amide bonds. The van der Waals surface area contributed by atoms with E-state index in [2.05, 4.69) is 179 Å². The fourth-order valence-electron chi connectivity index (χ4n) is 9.11. The number of aromatic nitrogens is 9. The van der Waals surface area contributed by atoms with Crippen LogP contribution in [0, 0.1) is 0 Å². The first-order valence-corrected chi connectivity index (χ1v) is 30.0. The summed E-state index contributed by atoms with van der Waals surface area (Å²) in [6.07, 6.45) is 12.7. The van der Waals surface area contributed by atoms with Gasteiger partial charge in [0.2, 0.25) is 0 Å². The third kappa shape index (κ3) is 30.5.